The average molecular weight is 840 g/mol. The van der Waals surface area contributed by atoms with E-state index < -0.39 is 0 Å². The zero-order valence-corrected chi connectivity index (χ0v) is 37.8. The van der Waals surface area contributed by atoms with Gasteiger partial charge in [0.2, 0.25) is 0 Å². The lowest BCUT2D eigenvalue weighted by Gasteiger charge is -2.43. The van der Waals surface area contributed by atoms with Crippen LogP contribution in [0.5, 0.6) is 0 Å². The number of fused-ring (bicyclic) bond motifs is 2. The second-order valence-corrected chi connectivity index (χ2v) is 19.9. The second-order valence-electron chi connectivity index (χ2n) is 19.9. The first-order valence-electron chi connectivity index (χ1n) is 23.7. The highest BCUT2D eigenvalue weighted by atomic mass is 15.2. The minimum absolute atomic E-state index is 0.163. The third kappa shape index (κ3) is 5.61. The number of rotatable bonds is 7. The molecule has 0 saturated heterocycles. The zero-order chi connectivity index (χ0) is 43.6. The average Bonchev–Trinajstić information content (AvgIpc) is 3.68. The van der Waals surface area contributed by atoms with E-state index in [2.05, 4.69) is 224 Å². The van der Waals surface area contributed by atoms with E-state index in [1.165, 1.54) is 106 Å². The molecular formula is C62H53N3. The molecule has 65 heavy (non-hydrogen) atoms. The van der Waals surface area contributed by atoms with Crippen LogP contribution in [0.2, 0.25) is 0 Å². The zero-order valence-electron chi connectivity index (χ0n) is 37.8. The van der Waals surface area contributed by atoms with Crippen LogP contribution in [0, 0.1) is 0 Å². The van der Waals surface area contributed by atoms with Crippen molar-refractivity contribution in [3.63, 3.8) is 0 Å². The molecular weight excluding hydrogens is 787 g/mol. The van der Waals surface area contributed by atoms with Crippen LogP contribution in [0.4, 0.5) is 22.7 Å². The predicted molar refractivity (Wildman–Crippen MR) is 275 cm³/mol. The Labute approximate surface area is 382 Å². The maximum absolute atomic E-state index is 2.71. The fourth-order valence-electron chi connectivity index (χ4n) is 12.2. The lowest BCUT2D eigenvalue weighted by molar-refractivity contribution is 0.593. The fraction of sp³-hybridized carbons (Fsp3) is 0.194. The Morgan fingerprint density at radius 2 is 1.22 bits per heavy atom. The first-order valence-corrected chi connectivity index (χ1v) is 23.7. The van der Waals surface area contributed by atoms with E-state index >= 15 is 0 Å². The van der Waals surface area contributed by atoms with E-state index in [0.717, 1.165) is 37.8 Å². The number of hydrogen-bond donors (Lipinski definition) is 0. The minimum Gasteiger partial charge on any atom is -0.333 e. The molecule has 2 aliphatic heterocycles. The molecule has 5 aliphatic rings. The highest BCUT2D eigenvalue weighted by Gasteiger charge is 2.44. The van der Waals surface area contributed by atoms with Gasteiger partial charge in [-0.05, 0) is 143 Å². The van der Waals surface area contributed by atoms with Gasteiger partial charge in [0.25, 0.3) is 0 Å². The Bertz CT molecular complexity index is 3450. The van der Waals surface area contributed by atoms with Crippen LogP contribution in [0.15, 0.2) is 199 Å². The number of benzene rings is 7. The molecule has 1 atom stereocenters. The van der Waals surface area contributed by atoms with Gasteiger partial charge in [-0.1, -0.05) is 149 Å². The number of allylic oxidation sites excluding steroid dienone is 6. The number of para-hydroxylation sites is 2. The molecule has 1 aromatic heterocycles. The van der Waals surface area contributed by atoms with Crippen molar-refractivity contribution in [2.24, 2.45) is 0 Å². The van der Waals surface area contributed by atoms with Crippen molar-refractivity contribution >= 4 is 55.3 Å². The van der Waals surface area contributed by atoms with Crippen LogP contribution in [-0.2, 0) is 10.8 Å². The lowest BCUT2D eigenvalue weighted by Crippen LogP contribution is -2.36. The Morgan fingerprint density at radius 3 is 2.00 bits per heavy atom. The molecule has 7 aromatic carbocycles. The van der Waals surface area contributed by atoms with Crippen molar-refractivity contribution < 1.29 is 0 Å². The van der Waals surface area contributed by atoms with E-state index in [9.17, 15) is 0 Å². The van der Waals surface area contributed by atoms with Crippen molar-refractivity contribution in [3.05, 3.63) is 221 Å². The maximum atomic E-state index is 2.71. The van der Waals surface area contributed by atoms with E-state index in [0.29, 0.717) is 0 Å². The summed E-state index contributed by atoms with van der Waals surface area (Å²) in [5.41, 5.74) is 20.7. The number of hydrogen-bond acceptors (Lipinski definition) is 2. The maximum Gasteiger partial charge on any atom is 0.0628 e. The summed E-state index contributed by atoms with van der Waals surface area (Å²) in [6.45, 7) is 9.83. The third-order valence-electron chi connectivity index (χ3n) is 15.5. The number of anilines is 4. The molecule has 0 saturated carbocycles. The van der Waals surface area contributed by atoms with Crippen LogP contribution in [0.3, 0.4) is 0 Å². The fourth-order valence-corrected chi connectivity index (χ4v) is 12.2. The van der Waals surface area contributed by atoms with Gasteiger partial charge in [0.05, 0.1) is 22.8 Å². The van der Waals surface area contributed by atoms with Gasteiger partial charge in [-0.25, -0.2) is 0 Å². The monoisotopic (exact) mass is 839 g/mol. The van der Waals surface area contributed by atoms with Gasteiger partial charge in [0.15, 0.2) is 0 Å². The topological polar surface area (TPSA) is 11.4 Å². The molecule has 3 heteroatoms. The summed E-state index contributed by atoms with van der Waals surface area (Å²) < 4.78 is 2.67. The minimum atomic E-state index is -0.240. The van der Waals surface area contributed by atoms with Crippen molar-refractivity contribution in [1.29, 1.82) is 0 Å². The standard InChI is InChI=1S/C62H53N3/c1-61(2)52-28-17-29-53-60(52)65-58-50(36-43(37-54(58)61)40-32-34-46(35-33-40)63(44-22-7-5-8-23-44)45-24-9-6-10-25-45)51-38-47(39-55(59(51)65)62(53,3)4)64(56-30-15-20-41-18-11-13-26-48(41)56)57-31-16-21-42-19-12-14-27-49(42)57/h5,7-9,11,13-18,20-30,32-39,57H,6,10,12,19,31H2,1-4H3. The summed E-state index contributed by atoms with van der Waals surface area (Å²) in [6.07, 6.45) is 21.8. The van der Waals surface area contributed by atoms with Crippen LogP contribution in [0.25, 0.3) is 49.4 Å². The van der Waals surface area contributed by atoms with Gasteiger partial charge in [-0.15, -0.1) is 0 Å². The van der Waals surface area contributed by atoms with Crippen molar-refractivity contribution in [2.45, 2.75) is 76.7 Å². The molecule has 1 unspecified atom stereocenters. The molecule has 3 heterocycles. The van der Waals surface area contributed by atoms with E-state index in [-0.39, 0.29) is 16.9 Å². The summed E-state index contributed by atoms with van der Waals surface area (Å²) in [5.74, 6) is 0. The largest absolute Gasteiger partial charge is 0.333 e. The Hall–Kier alpha value is -7.10. The summed E-state index contributed by atoms with van der Waals surface area (Å²) in [6, 6.07) is 53.3. The molecule has 316 valence electrons. The summed E-state index contributed by atoms with van der Waals surface area (Å²) in [4.78, 5) is 5.10. The molecule has 8 aromatic rings. The molecule has 3 aliphatic carbocycles. The van der Waals surface area contributed by atoms with E-state index in [4.69, 9.17) is 0 Å². The quantitative estimate of drug-likeness (QED) is 0.158. The molecule has 0 spiro atoms. The molecule has 0 amide bonds. The normalized spacial score (nSPS) is 18.4. The molecule has 0 radical (unpaired) electrons. The molecule has 0 fully saturated rings. The van der Waals surface area contributed by atoms with Crippen molar-refractivity contribution in [3.8, 4) is 16.8 Å². The van der Waals surface area contributed by atoms with Crippen LogP contribution < -0.4 is 9.80 Å². The van der Waals surface area contributed by atoms with Crippen LogP contribution in [0.1, 0.15) is 82.1 Å². The summed E-state index contributed by atoms with van der Waals surface area (Å²) in [5, 5.41) is 5.21. The summed E-state index contributed by atoms with van der Waals surface area (Å²) >= 11 is 0. The van der Waals surface area contributed by atoms with E-state index in [1.807, 2.05) is 0 Å². The van der Waals surface area contributed by atoms with Crippen LogP contribution >= 0.6 is 0 Å². The third-order valence-corrected chi connectivity index (χ3v) is 15.5. The SMILES string of the molecule is CC1(C)c2cccc3c2-n2c4c1cc(-c1ccc(N(C5=CCCC=C5)c5ccccc5)cc1)cc4c1cc(N(c4cccc5ccccc45)C4CC=CC5=C4C=CCC5)cc(c12)C3(C)C. The van der Waals surface area contributed by atoms with E-state index in [1.54, 1.807) is 0 Å². The van der Waals surface area contributed by atoms with Gasteiger partial charge in [0.1, 0.15) is 0 Å². The van der Waals surface area contributed by atoms with Crippen LogP contribution in [-0.4, -0.2) is 10.6 Å². The predicted octanol–water partition coefficient (Wildman–Crippen LogP) is 16.4. The molecule has 0 N–H and O–H groups in total. The first kappa shape index (κ1) is 38.4. The Morgan fingerprint density at radius 1 is 0.523 bits per heavy atom. The Balaban J connectivity index is 1.07. The van der Waals surface area contributed by atoms with Gasteiger partial charge < -0.3 is 14.4 Å². The van der Waals surface area contributed by atoms with Crippen molar-refractivity contribution in [2.75, 3.05) is 9.80 Å². The van der Waals surface area contributed by atoms with Gasteiger partial charge >= 0.3 is 0 Å². The van der Waals surface area contributed by atoms with Gasteiger partial charge in [-0.2, -0.15) is 0 Å². The number of nitrogens with zero attached hydrogens (tertiary/aromatic N) is 3. The Kier molecular flexibility index (Phi) is 8.38. The smallest absolute Gasteiger partial charge is 0.0628 e. The molecule has 0 bridgehead atoms. The summed E-state index contributed by atoms with van der Waals surface area (Å²) in [7, 11) is 0. The highest BCUT2D eigenvalue weighted by molar-refractivity contribution is 6.16. The number of aromatic nitrogens is 1. The lowest BCUT2D eigenvalue weighted by atomic mass is 9.68. The van der Waals surface area contributed by atoms with Crippen molar-refractivity contribution in [1.82, 2.24) is 4.57 Å². The first-order chi connectivity index (χ1) is 31.8. The van der Waals surface area contributed by atoms with Gasteiger partial charge in [0, 0.05) is 55.4 Å². The van der Waals surface area contributed by atoms with Gasteiger partial charge in [-0.3, -0.25) is 0 Å². The second kappa shape index (κ2) is 14.2. The highest BCUT2D eigenvalue weighted by Crippen LogP contribution is 2.57. The molecule has 13 rings (SSSR count). The molecule has 3 nitrogen and oxygen atoms in total.